The fraction of sp³-hybridized carbons (Fsp3) is 0.154. The minimum Gasteiger partial charge on any atom is -0.329 e. The van der Waals surface area contributed by atoms with Crippen LogP contribution in [0.25, 0.3) is 0 Å². The first-order valence-electron chi connectivity index (χ1n) is 5.33. The number of hydrogen-bond donors (Lipinski definition) is 1. The van der Waals surface area contributed by atoms with Crippen LogP contribution in [0.4, 0.5) is 0 Å². The first-order chi connectivity index (χ1) is 8.31. The molecule has 2 nitrogen and oxygen atoms in total. The lowest BCUT2D eigenvalue weighted by molar-refractivity contribution is 0.930. The number of halogens is 1. The topological polar surface area (TPSA) is 38.9 Å². The number of aromatic nitrogens is 1. The van der Waals surface area contributed by atoms with Crippen molar-refractivity contribution in [3.05, 3.63) is 58.7 Å². The number of pyridine rings is 1. The molecule has 0 amide bonds. The molecule has 0 radical (unpaired) electrons. The number of rotatable bonds is 4. The summed E-state index contributed by atoms with van der Waals surface area (Å²) >= 11 is 5.25. The van der Waals surface area contributed by atoms with E-state index in [1.165, 1.54) is 5.56 Å². The largest absolute Gasteiger partial charge is 0.329 e. The van der Waals surface area contributed by atoms with Crippen molar-refractivity contribution < 1.29 is 0 Å². The molecule has 2 rings (SSSR count). The van der Waals surface area contributed by atoms with E-state index in [4.69, 9.17) is 5.73 Å². The molecule has 4 heteroatoms. The molecule has 0 aliphatic carbocycles. The van der Waals surface area contributed by atoms with Crippen LogP contribution in [0.1, 0.15) is 10.8 Å². The zero-order valence-electron chi connectivity index (χ0n) is 9.21. The molecule has 1 heterocycles. The molecule has 88 valence electrons. The normalized spacial score (nSPS) is 12.4. The summed E-state index contributed by atoms with van der Waals surface area (Å²) in [7, 11) is 0. The summed E-state index contributed by atoms with van der Waals surface area (Å²) in [6.07, 6.45) is 1.80. The van der Waals surface area contributed by atoms with Crippen molar-refractivity contribution in [1.82, 2.24) is 4.98 Å². The van der Waals surface area contributed by atoms with Crippen molar-refractivity contribution in [3.63, 3.8) is 0 Å². The predicted molar refractivity (Wildman–Crippen MR) is 76.0 cm³/mol. The van der Waals surface area contributed by atoms with Crippen LogP contribution in [0.15, 0.2) is 58.2 Å². The lowest BCUT2D eigenvalue weighted by Gasteiger charge is -2.15. The highest BCUT2D eigenvalue weighted by Gasteiger charge is 2.14. The molecule has 0 fully saturated rings. The van der Waals surface area contributed by atoms with E-state index < -0.39 is 0 Å². The van der Waals surface area contributed by atoms with E-state index in [0.717, 1.165) is 9.50 Å². The molecule has 0 aliphatic heterocycles. The quantitative estimate of drug-likeness (QED) is 0.877. The van der Waals surface area contributed by atoms with Gasteiger partial charge in [-0.15, -0.1) is 0 Å². The van der Waals surface area contributed by atoms with Gasteiger partial charge in [-0.25, -0.2) is 4.98 Å². The summed E-state index contributed by atoms with van der Waals surface area (Å²) in [5, 5.41) is 1.22. The van der Waals surface area contributed by atoms with Gasteiger partial charge in [0.25, 0.3) is 0 Å². The van der Waals surface area contributed by atoms with Gasteiger partial charge in [0.2, 0.25) is 0 Å². The second kappa shape index (κ2) is 6.19. The van der Waals surface area contributed by atoms with E-state index in [1.54, 1.807) is 18.0 Å². The van der Waals surface area contributed by atoms with Gasteiger partial charge >= 0.3 is 0 Å². The first-order valence-corrected chi connectivity index (χ1v) is 7.00. The van der Waals surface area contributed by atoms with Gasteiger partial charge in [0, 0.05) is 22.5 Å². The zero-order chi connectivity index (χ0) is 12.1. The summed E-state index contributed by atoms with van der Waals surface area (Å²) in [4.78, 5) is 4.31. The monoisotopic (exact) mass is 308 g/mol. The Morgan fingerprint density at radius 2 is 1.94 bits per heavy atom. The van der Waals surface area contributed by atoms with Crippen molar-refractivity contribution in [2.75, 3.05) is 6.54 Å². The van der Waals surface area contributed by atoms with E-state index in [0.29, 0.717) is 6.54 Å². The maximum absolute atomic E-state index is 5.85. The second-order valence-electron chi connectivity index (χ2n) is 3.53. The third kappa shape index (κ3) is 3.31. The second-order valence-corrected chi connectivity index (χ2v) is 5.61. The maximum Gasteiger partial charge on any atom is 0.0966 e. The highest BCUT2D eigenvalue weighted by molar-refractivity contribution is 9.10. The van der Waals surface area contributed by atoms with Crippen LogP contribution in [-0.4, -0.2) is 11.5 Å². The van der Waals surface area contributed by atoms with Gasteiger partial charge in [0.05, 0.1) is 5.03 Å². The average Bonchev–Trinajstić information content (AvgIpc) is 2.38. The molecule has 2 N–H and O–H groups in total. The molecular weight excluding hydrogens is 296 g/mol. The molecule has 0 saturated heterocycles. The molecule has 2 aromatic rings. The lowest BCUT2D eigenvalue weighted by atomic mass is 10.1. The molecule has 0 aliphatic rings. The van der Waals surface area contributed by atoms with E-state index in [-0.39, 0.29) is 5.25 Å². The van der Waals surface area contributed by atoms with Crippen molar-refractivity contribution >= 4 is 27.7 Å². The molecule has 1 atom stereocenters. The van der Waals surface area contributed by atoms with Crippen molar-refractivity contribution in [2.45, 2.75) is 10.3 Å². The van der Waals surface area contributed by atoms with Crippen molar-refractivity contribution in [3.8, 4) is 0 Å². The van der Waals surface area contributed by atoms with Crippen LogP contribution < -0.4 is 5.73 Å². The van der Waals surface area contributed by atoms with E-state index in [9.17, 15) is 0 Å². The van der Waals surface area contributed by atoms with Gasteiger partial charge in [0.15, 0.2) is 0 Å². The van der Waals surface area contributed by atoms with Crippen molar-refractivity contribution in [2.24, 2.45) is 5.73 Å². The highest BCUT2D eigenvalue weighted by Crippen LogP contribution is 2.36. The van der Waals surface area contributed by atoms with Gasteiger partial charge in [-0.05, 0) is 23.8 Å². The zero-order valence-corrected chi connectivity index (χ0v) is 11.6. The molecule has 1 aromatic carbocycles. The van der Waals surface area contributed by atoms with Crippen LogP contribution in [0.3, 0.4) is 0 Å². The fourth-order valence-corrected chi connectivity index (χ4v) is 3.25. The minimum absolute atomic E-state index is 0.223. The molecular formula is C13H13BrN2S. The average molecular weight is 309 g/mol. The predicted octanol–water partition coefficient (Wildman–Crippen LogP) is 3.64. The Morgan fingerprint density at radius 1 is 1.18 bits per heavy atom. The lowest BCUT2D eigenvalue weighted by Crippen LogP contribution is -2.10. The Balaban J connectivity index is 2.21. The summed E-state index contributed by atoms with van der Waals surface area (Å²) in [6, 6.07) is 14.1. The van der Waals surface area contributed by atoms with Gasteiger partial charge in [-0.1, -0.05) is 52.0 Å². The third-order valence-corrected chi connectivity index (χ3v) is 4.30. The number of nitrogens with two attached hydrogens (primary N) is 1. The number of hydrogen-bond acceptors (Lipinski definition) is 3. The van der Waals surface area contributed by atoms with Gasteiger partial charge in [0.1, 0.15) is 0 Å². The third-order valence-electron chi connectivity index (χ3n) is 2.37. The molecule has 1 unspecified atom stereocenters. The Bertz CT molecular complexity index is 476. The van der Waals surface area contributed by atoms with Crippen LogP contribution in [0, 0.1) is 0 Å². The molecule has 0 spiro atoms. The van der Waals surface area contributed by atoms with Crippen LogP contribution >= 0.6 is 27.7 Å². The van der Waals surface area contributed by atoms with E-state index in [2.05, 4.69) is 27.0 Å². The SMILES string of the molecule is NCC(Sc1ccccn1)c1ccccc1Br. The first kappa shape index (κ1) is 12.6. The Labute approximate surface area is 114 Å². The summed E-state index contributed by atoms with van der Waals surface area (Å²) in [5.74, 6) is 0. The molecule has 1 aromatic heterocycles. The fourth-order valence-electron chi connectivity index (χ4n) is 1.54. The van der Waals surface area contributed by atoms with Crippen LogP contribution in [0.5, 0.6) is 0 Å². The highest BCUT2D eigenvalue weighted by atomic mass is 79.9. The van der Waals surface area contributed by atoms with Gasteiger partial charge in [-0.3, -0.25) is 0 Å². The van der Waals surface area contributed by atoms with Gasteiger partial charge < -0.3 is 5.73 Å². The summed E-state index contributed by atoms with van der Waals surface area (Å²) in [5.41, 5.74) is 7.07. The summed E-state index contributed by atoms with van der Waals surface area (Å²) < 4.78 is 1.10. The summed E-state index contributed by atoms with van der Waals surface area (Å²) in [6.45, 7) is 0.587. The molecule has 17 heavy (non-hydrogen) atoms. The van der Waals surface area contributed by atoms with E-state index >= 15 is 0 Å². The molecule has 0 saturated carbocycles. The maximum atomic E-state index is 5.85. The van der Waals surface area contributed by atoms with Gasteiger partial charge in [-0.2, -0.15) is 0 Å². The smallest absolute Gasteiger partial charge is 0.0966 e. The number of nitrogens with zero attached hydrogens (tertiary/aromatic N) is 1. The number of benzene rings is 1. The van der Waals surface area contributed by atoms with E-state index in [1.807, 2.05) is 36.4 Å². The Kier molecular flexibility index (Phi) is 4.59. The Morgan fingerprint density at radius 3 is 2.59 bits per heavy atom. The van der Waals surface area contributed by atoms with Crippen LogP contribution in [-0.2, 0) is 0 Å². The Hall–Kier alpha value is -0.840. The molecule has 0 bridgehead atoms. The van der Waals surface area contributed by atoms with Crippen LogP contribution in [0.2, 0.25) is 0 Å². The number of thioether (sulfide) groups is 1. The minimum atomic E-state index is 0.223. The van der Waals surface area contributed by atoms with Crippen molar-refractivity contribution in [1.29, 1.82) is 0 Å². The standard InChI is InChI=1S/C13H13BrN2S/c14-11-6-2-1-5-10(11)12(9-15)17-13-7-3-4-8-16-13/h1-8,12H,9,15H2.